The molecule has 0 spiro atoms. The zero-order chi connectivity index (χ0) is 19.8. The summed E-state index contributed by atoms with van der Waals surface area (Å²) in [4.78, 5) is 26.5. The van der Waals surface area contributed by atoms with Gasteiger partial charge in [0.15, 0.2) is 6.61 Å². The Hall–Kier alpha value is -3.33. The Labute approximate surface area is 159 Å². The van der Waals surface area contributed by atoms with Crippen molar-refractivity contribution in [3.8, 4) is 6.07 Å². The summed E-state index contributed by atoms with van der Waals surface area (Å²) in [5.41, 5.74) is 3.71. The summed E-state index contributed by atoms with van der Waals surface area (Å²) < 4.78 is 5.22. The van der Waals surface area contributed by atoms with Gasteiger partial charge in [0.25, 0.3) is 5.91 Å². The summed E-state index contributed by atoms with van der Waals surface area (Å²) in [7, 11) is 1.71. The lowest BCUT2D eigenvalue weighted by atomic mass is 10.1. The average molecular weight is 365 g/mol. The summed E-state index contributed by atoms with van der Waals surface area (Å²) >= 11 is 0. The van der Waals surface area contributed by atoms with E-state index < -0.39 is 12.6 Å². The fourth-order valence-corrected chi connectivity index (χ4v) is 2.83. The van der Waals surface area contributed by atoms with Crippen LogP contribution in [-0.2, 0) is 9.53 Å². The van der Waals surface area contributed by atoms with Crippen molar-refractivity contribution < 1.29 is 14.3 Å². The molecule has 0 unspecified atom stereocenters. The minimum absolute atomic E-state index is 0.190. The van der Waals surface area contributed by atoms with E-state index in [0.717, 1.165) is 11.1 Å². The van der Waals surface area contributed by atoms with Crippen LogP contribution in [-0.4, -0.2) is 32.1 Å². The van der Waals surface area contributed by atoms with Crippen molar-refractivity contribution >= 4 is 23.3 Å². The fourth-order valence-electron chi connectivity index (χ4n) is 2.83. The first-order valence-electron chi connectivity index (χ1n) is 8.65. The number of aryl methyl sites for hydroxylation is 2. The van der Waals surface area contributed by atoms with Gasteiger partial charge in [-0.15, -0.1) is 0 Å². The molecular weight excluding hydrogens is 342 g/mol. The number of esters is 1. The maximum atomic E-state index is 12.7. The van der Waals surface area contributed by atoms with Crippen molar-refractivity contribution in [2.45, 2.75) is 20.3 Å². The molecule has 0 aromatic heterocycles. The zero-order valence-electron chi connectivity index (χ0n) is 15.8. The van der Waals surface area contributed by atoms with Gasteiger partial charge >= 0.3 is 5.97 Å². The van der Waals surface area contributed by atoms with Crippen molar-refractivity contribution in [1.82, 2.24) is 0 Å². The van der Waals surface area contributed by atoms with Crippen molar-refractivity contribution in [2.75, 3.05) is 30.4 Å². The Bertz CT molecular complexity index is 851. The van der Waals surface area contributed by atoms with Crippen LogP contribution in [0.25, 0.3) is 0 Å². The number of benzene rings is 2. The number of nitrogens with zero attached hydrogens (tertiary/aromatic N) is 2. The summed E-state index contributed by atoms with van der Waals surface area (Å²) in [6, 6.07) is 14.7. The van der Waals surface area contributed by atoms with Crippen LogP contribution in [0.15, 0.2) is 42.5 Å². The molecule has 1 N–H and O–H groups in total. The van der Waals surface area contributed by atoms with Crippen molar-refractivity contribution in [3.05, 3.63) is 59.2 Å². The number of anilines is 2. The normalized spacial score (nSPS) is 10.0. The SMILES string of the molecule is CNc1ccccc1C(=O)OCC(=O)N(CCC#N)c1cc(C)cc(C)c1. The van der Waals surface area contributed by atoms with Crippen LogP contribution in [0.5, 0.6) is 0 Å². The van der Waals surface area contributed by atoms with Gasteiger partial charge in [0.1, 0.15) is 0 Å². The third-order valence-electron chi connectivity index (χ3n) is 4.01. The fraction of sp³-hybridized carbons (Fsp3) is 0.286. The number of hydrogen-bond acceptors (Lipinski definition) is 5. The maximum absolute atomic E-state index is 12.7. The molecule has 0 aliphatic carbocycles. The van der Waals surface area contributed by atoms with Gasteiger partial charge in [-0.3, -0.25) is 4.79 Å². The number of amides is 1. The number of carbonyl (C=O) groups excluding carboxylic acids is 2. The standard InChI is InChI=1S/C21H23N3O3/c1-15-11-16(2)13-17(12-15)24(10-6-9-22)20(25)14-27-21(26)18-7-4-5-8-19(18)23-3/h4-5,7-8,11-13,23H,6,10,14H2,1-3H3. The summed E-state index contributed by atoms with van der Waals surface area (Å²) in [5, 5.41) is 11.8. The first-order chi connectivity index (χ1) is 13.0. The molecule has 6 nitrogen and oxygen atoms in total. The van der Waals surface area contributed by atoms with Gasteiger partial charge in [-0.2, -0.15) is 5.26 Å². The third-order valence-corrected chi connectivity index (χ3v) is 4.01. The molecule has 0 atom stereocenters. The molecule has 0 fully saturated rings. The average Bonchev–Trinajstić information content (AvgIpc) is 2.65. The molecule has 0 saturated carbocycles. The largest absolute Gasteiger partial charge is 0.452 e. The Kier molecular flexibility index (Phi) is 6.95. The zero-order valence-corrected chi connectivity index (χ0v) is 15.8. The minimum atomic E-state index is -0.575. The van der Waals surface area contributed by atoms with E-state index in [-0.39, 0.29) is 18.9 Å². The molecule has 1 amide bonds. The molecular formula is C21H23N3O3. The molecule has 6 heteroatoms. The van der Waals surface area contributed by atoms with Gasteiger partial charge in [-0.1, -0.05) is 18.2 Å². The van der Waals surface area contributed by atoms with Crippen LogP contribution >= 0.6 is 0 Å². The van der Waals surface area contributed by atoms with Gasteiger partial charge in [0.2, 0.25) is 0 Å². The summed E-state index contributed by atoms with van der Waals surface area (Å²) in [6.45, 7) is 3.73. The van der Waals surface area contributed by atoms with E-state index in [2.05, 4.69) is 5.32 Å². The molecule has 0 saturated heterocycles. The van der Waals surface area contributed by atoms with Crippen LogP contribution < -0.4 is 10.2 Å². The number of rotatable bonds is 7. The highest BCUT2D eigenvalue weighted by molar-refractivity contribution is 5.99. The minimum Gasteiger partial charge on any atom is -0.452 e. The van der Waals surface area contributed by atoms with Gasteiger partial charge in [-0.05, 0) is 49.2 Å². The molecule has 0 bridgehead atoms. The van der Waals surface area contributed by atoms with E-state index in [1.165, 1.54) is 4.90 Å². The summed E-state index contributed by atoms with van der Waals surface area (Å²) in [5.74, 6) is -0.945. The predicted octanol–water partition coefficient (Wildman–Crippen LogP) is 3.45. The smallest absolute Gasteiger partial charge is 0.340 e. The molecule has 140 valence electrons. The molecule has 0 radical (unpaired) electrons. The number of carbonyl (C=O) groups is 2. The number of nitrogens with one attached hydrogen (secondary N) is 1. The van der Waals surface area contributed by atoms with Crippen LogP contribution in [0, 0.1) is 25.2 Å². The van der Waals surface area contributed by atoms with Gasteiger partial charge in [0.05, 0.1) is 18.1 Å². The van der Waals surface area contributed by atoms with Gasteiger partial charge < -0.3 is 15.0 Å². The van der Waals surface area contributed by atoms with Crippen LogP contribution in [0.4, 0.5) is 11.4 Å². The van der Waals surface area contributed by atoms with Crippen LogP contribution in [0.3, 0.4) is 0 Å². The highest BCUT2D eigenvalue weighted by Crippen LogP contribution is 2.20. The number of nitriles is 1. The third kappa shape index (κ3) is 5.32. The van der Waals surface area contributed by atoms with E-state index in [1.54, 1.807) is 31.3 Å². The predicted molar refractivity (Wildman–Crippen MR) is 105 cm³/mol. The van der Waals surface area contributed by atoms with Crippen molar-refractivity contribution in [3.63, 3.8) is 0 Å². The lowest BCUT2D eigenvalue weighted by Gasteiger charge is -2.22. The molecule has 2 aromatic rings. The van der Waals surface area contributed by atoms with Gasteiger partial charge in [0, 0.05) is 25.0 Å². The van der Waals surface area contributed by atoms with Gasteiger partial charge in [-0.25, -0.2) is 4.79 Å². The van der Waals surface area contributed by atoms with Crippen molar-refractivity contribution in [1.29, 1.82) is 5.26 Å². The Morgan fingerprint density at radius 2 is 1.81 bits per heavy atom. The van der Waals surface area contributed by atoms with Crippen LogP contribution in [0.1, 0.15) is 27.9 Å². The quantitative estimate of drug-likeness (QED) is 0.760. The number of hydrogen-bond donors (Lipinski definition) is 1. The number of para-hydroxylation sites is 1. The number of ether oxygens (including phenoxy) is 1. The van der Waals surface area contributed by atoms with E-state index in [0.29, 0.717) is 16.9 Å². The molecule has 2 rings (SSSR count). The maximum Gasteiger partial charge on any atom is 0.340 e. The van der Waals surface area contributed by atoms with Crippen LogP contribution in [0.2, 0.25) is 0 Å². The lowest BCUT2D eigenvalue weighted by Crippen LogP contribution is -2.35. The second kappa shape index (κ2) is 9.39. The van der Waals surface area contributed by atoms with E-state index >= 15 is 0 Å². The molecule has 0 heterocycles. The topological polar surface area (TPSA) is 82.4 Å². The van der Waals surface area contributed by atoms with E-state index in [9.17, 15) is 9.59 Å². The lowest BCUT2D eigenvalue weighted by molar-refractivity contribution is -0.121. The van der Waals surface area contributed by atoms with Crippen molar-refractivity contribution in [2.24, 2.45) is 0 Å². The first kappa shape index (κ1) is 20.0. The highest BCUT2D eigenvalue weighted by Gasteiger charge is 2.19. The monoisotopic (exact) mass is 365 g/mol. The summed E-state index contributed by atoms with van der Waals surface area (Å²) in [6.07, 6.45) is 0.190. The first-order valence-corrected chi connectivity index (χ1v) is 8.65. The van der Waals surface area contributed by atoms with E-state index in [1.807, 2.05) is 38.1 Å². The highest BCUT2D eigenvalue weighted by atomic mass is 16.5. The Morgan fingerprint density at radius 3 is 2.44 bits per heavy atom. The molecule has 27 heavy (non-hydrogen) atoms. The van der Waals surface area contributed by atoms with E-state index in [4.69, 9.17) is 10.00 Å². The molecule has 0 aliphatic heterocycles. The Morgan fingerprint density at radius 1 is 1.15 bits per heavy atom. The second-order valence-corrected chi connectivity index (χ2v) is 6.17. The molecule has 2 aromatic carbocycles. The second-order valence-electron chi connectivity index (χ2n) is 6.17. The molecule has 0 aliphatic rings. The Balaban J connectivity index is 2.14.